The summed E-state index contributed by atoms with van der Waals surface area (Å²) in [5.41, 5.74) is 0.613. The molecule has 0 aliphatic carbocycles. The molecule has 0 saturated carbocycles. The van der Waals surface area contributed by atoms with E-state index in [2.05, 4.69) is 5.32 Å². The standard InChI is InChI=1S/C14H13NO3S/c1-19(17)13-6-2-4-11(10-13)15-14(16)8-7-12-5-3-9-18-12/h2-10H,1H3,(H,15,16)/b8-7+/t19-/m1/s1. The maximum atomic E-state index is 11.7. The average Bonchev–Trinajstić information content (AvgIpc) is 2.90. The maximum absolute atomic E-state index is 11.7. The number of carbonyl (C=O) groups excluding carboxylic acids is 1. The quantitative estimate of drug-likeness (QED) is 0.873. The van der Waals surface area contributed by atoms with Crippen LogP contribution in [-0.4, -0.2) is 16.4 Å². The zero-order chi connectivity index (χ0) is 13.7. The van der Waals surface area contributed by atoms with Crippen molar-refractivity contribution in [2.45, 2.75) is 4.90 Å². The molecule has 19 heavy (non-hydrogen) atoms. The van der Waals surface area contributed by atoms with E-state index in [0.717, 1.165) is 0 Å². The van der Waals surface area contributed by atoms with Gasteiger partial charge in [-0.2, -0.15) is 0 Å². The minimum absolute atomic E-state index is 0.268. The van der Waals surface area contributed by atoms with E-state index in [0.29, 0.717) is 16.3 Å². The molecule has 0 aliphatic rings. The van der Waals surface area contributed by atoms with Gasteiger partial charge in [0.25, 0.3) is 0 Å². The van der Waals surface area contributed by atoms with Crippen molar-refractivity contribution in [1.29, 1.82) is 0 Å². The van der Waals surface area contributed by atoms with E-state index in [1.807, 2.05) is 0 Å². The monoisotopic (exact) mass is 275 g/mol. The summed E-state index contributed by atoms with van der Waals surface area (Å²) < 4.78 is 16.4. The van der Waals surface area contributed by atoms with Gasteiger partial charge in [0.2, 0.25) is 5.91 Å². The van der Waals surface area contributed by atoms with Crippen LogP contribution >= 0.6 is 0 Å². The first-order chi connectivity index (χ1) is 9.15. The molecule has 1 atom stereocenters. The summed E-state index contributed by atoms with van der Waals surface area (Å²) in [4.78, 5) is 12.3. The number of benzene rings is 1. The second-order valence-corrected chi connectivity index (χ2v) is 5.20. The van der Waals surface area contributed by atoms with Crippen molar-refractivity contribution in [2.24, 2.45) is 0 Å². The molecule has 0 radical (unpaired) electrons. The molecule has 4 nitrogen and oxygen atoms in total. The van der Waals surface area contributed by atoms with Gasteiger partial charge >= 0.3 is 0 Å². The van der Waals surface area contributed by atoms with Crippen molar-refractivity contribution >= 4 is 28.5 Å². The fraction of sp³-hybridized carbons (Fsp3) is 0.0714. The molecule has 2 rings (SSSR count). The average molecular weight is 275 g/mol. The molecular weight excluding hydrogens is 262 g/mol. The van der Waals surface area contributed by atoms with Gasteiger partial charge in [-0.3, -0.25) is 9.00 Å². The topological polar surface area (TPSA) is 59.3 Å². The first-order valence-corrected chi connectivity index (χ1v) is 7.17. The van der Waals surface area contributed by atoms with Crippen LogP contribution in [0.5, 0.6) is 0 Å². The predicted molar refractivity (Wildman–Crippen MR) is 75.1 cm³/mol. The van der Waals surface area contributed by atoms with Gasteiger partial charge in [-0.15, -0.1) is 0 Å². The molecule has 98 valence electrons. The van der Waals surface area contributed by atoms with E-state index < -0.39 is 10.8 Å². The number of hydrogen-bond acceptors (Lipinski definition) is 3. The Balaban J connectivity index is 2.03. The van der Waals surface area contributed by atoms with Crippen molar-refractivity contribution in [3.05, 3.63) is 54.5 Å². The number of anilines is 1. The molecule has 1 N–H and O–H groups in total. The second-order valence-electron chi connectivity index (χ2n) is 3.82. The summed E-state index contributed by atoms with van der Waals surface area (Å²) in [6, 6.07) is 10.4. The van der Waals surface area contributed by atoms with Gasteiger partial charge in [0.05, 0.1) is 6.26 Å². The Morgan fingerprint density at radius 2 is 2.16 bits per heavy atom. The lowest BCUT2D eigenvalue weighted by atomic mass is 10.3. The molecule has 0 unspecified atom stereocenters. The number of hydrogen-bond donors (Lipinski definition) is 1. The van der Waals surface area contributed by atoms with Crippen LogP contribution in [0.2, 0.25) is 0 Å². The molecular formula is C14H13NO3S. The van der Waals surface area contributed by atoms with Crippen LogP contribution in [-0.2, 0) is 15.6 Å². The van der Waals surface area contributed by atoms with Crippen LogP contribution in [0.1, 0.15) is 5.76 Å². The molecule has 0 bridgehead atoms. The summed E-state index contributed by atoms with van der Waals surface area (Å²) in [5.74, 6) is 0.342. The highest BCUT2D eigenvalue weighted by Crippen LogP contribution is 2.13. The van der Waals surface area contributed by atoms with Crippen molar-refractivity contribution in [2.75, 3.05) is 11.6 Å². The summed E-state index contributed by atoms with van der Waals surface area (Å²) in [7, 11) is -1.07. The zero-order valence-electron chi connectivity index (χ0n) is 10.3. The van der Waals surface area contributed by atoms with Gasteiger partial charge in [-0.25, -0.2) is 0 Å². The molecule has 0 fully saturated rings. The van der Waals surface area contributed by atoms with Crippen LogP contribution in [0.25, 0.3) is 6.08 Å². The summed E-state index contributed by atoms with van der Waals surface area (Å²) in [5, 5.41) is 2.70. The molecule has 1 amide bonds. The van der Waals surface area contributed by atoms with Crippen LogP contribution in [0.15, 0.2) is 58.1 Å². The van der Waals surface area contributed by atoms with Gasteiger partial charge in [-0.1, -0.05) is 6.07 Å². The maximum Gasteiger partial charge on any atom is 0.248 e. The van der Waals surface area contributed by atoms with Gasteiger partial charge in [0.1, 0.15) is 5.76 Å². The second kappa shape index (κ2) is 6.15. The van der Waals surface area contributed by atoms with Crippen LogP contribution in [0, 0.1) is 0 Å². The van der Waals surface area contributed by atoms with Crippen molar-refractivity contribution in [3.8, 4) is 0 Å². The van der Waals surface area contributed by atoms with E-state index >= 15 is 0 Å². The van der Waals surface area contributed by atoms with E-state index in [-0.39, 0.29) is 5.91 Å². The van der Waals surface area contributed by atoms with Crippen molar-refractivity contribution in [1.82, 2.24) is 0 Å². The lowest BCUT2D eigenvalue weighted by Gasteiger charge is -2.03. The van der Waals surface area contributed by atoms with E-state index in [9.17, 15) is 9.00 Å². The first kappa shape index (κ1) is 13.3. The molecule has 0 spiro atoms. The van der Waals surface area contributed by atoms with Crippen LogP contribution in [0.3, 0.4) is 0 Å². The van der Waals surface area contributed by atoms with Crippen molar-refractivity contribution in [3.63, 3.8) is 0 Å². The molecule has 5 heteroatoms. The van der Waals surface area contributed by atoms with E-state index in [1.165, 1.54) is 12.3 Å². The lowest BCUT2D eigenvalue weighted by molar-refractivity contribution is -0.111. The normalized spacial score (nSPS) is 12.5. The largest absolute Gasteiger partial charge is 0.465 e. The first-order valence-electron chi connectivity index (χ1n) is 5.61. The molecule has 2 aromatic rings. The highest BCUT2D eigenvalue weighted by Gasteiger charge is 2.01. The van der Waals surface area contributed by atoms with E-state index in [4.69, 9.17) is 4.42 Å². The van der Waals surface area contributed by atoms with Gasteiger partial charge < -0.3 is 9.73 Å². The molecule has 0 saturated heterocycles. The third-order valence-electron chi connectivity index (χ3n) is 2.38. The fourth-order valence-electron chi connectivity index (χ4n) is 1.48. The molecule has 1 heterocycles. The van der Waals surface area contributed by atoms with Gasteiger partial charge in [0.15, 0.2) is 0 Å². The third kappa shape index (κ3) is 3.93. The SMILES string of the molecule is C[S@@](=O)c1cccc(NC(=O)/C=C/c2ccco2)c1. The molecule has 1 aromatic carbocycles. The predicted octanol–water partition coefficient (Wildman–Crippen LogP) is 2.67. The number of amides is 1. The Bertz CT molecular complexity index is 617. The van der Waals surface area contributed by atoms with Crippen molar-refractivity contribution < 1.29 is 13.4 Å². The van der Waals surface area contributed by atoms with Gasteiger partial charge in [-0.05, 0) is 36.4 Å². The summed E-state index contributed by atoms with van der Waals surface area (Å²) in [6.07, 6.45) is 6.10. The summed E-state index contributed by atoms with van der Waals surface area (Å²) >= 11 is 0. The van der Waals surface area contributed by atoms with Gasteiger partial charge in [0, 0.05) is 33.7 Å². The van der Waals surface area contributed by atoms with Crippen LogP contribution in [0.4, 0.5) is 5.69 Å². The van der Waals surface area contributed by atoms with Crippen LogP contribution < -0.4 is 5.32 Å². The Hall–Kier alpha value is -2.14. The lowest BCUT2D eigenvalue weighted by Crippen LogP contribution is -2.07. The number of furan rings is 1. The highest BCUT2D eigenvalue weighted by molar-refractivity contribution is 7.84. The zero-order valence-corrected chi connectivity index (χ0v) is 11.1. The Labute approximate surface area is 113 Å². The fourth-order valence-corrected chi connectivity index (χ4v) is 2.04. The number of nitrogens with one attached hydrogen (secondary N) is 1. The highest BCUT2D eigenvalue weighted by atomic mass is 32.2. The minimum Gasteiger partial charge on any atom is -0.465 e. The third-order valence-corrected chi connectivity index (χ3v) is 3.29. The number of rotatable bonds is 4. The smallest absolute Gasteiger partial charge is 0.248 e. The minimum atomic E-state index is -1.07. The molecule has 0 aliphatic heterocycles. The van der Waals surface area contributed by atoms with E-state index in [1.54, 1.807) is 48.7 Å². The Morgan fingerprint density at radius 3 is 2.84 bits per heavy atom. The Kier molecular flexibility index (Phi) is 4.30. The Morgan fingerprint density at radius 1 is 1.32 bits per heavy atom. The summed E-state index contributed by atoms with van der Waals surface area (Å²) in [6.45, 7) is 0. The molecule has 1 aromatic heterocycles. The number of carbonyl (C=O) groups is 1.